The number of nitrogens with zero attached hydrogens (tertiary/aromatic N) is 1. The highest BCUT2D eigenvalue weighted by atomic mass is 32.2. The molecule has 2 aromatic rings. The van der Waals surface area contributed by atoms with E-state index in [-0.39, 0.29) is 23.2 Å². The van der Waals surface area contributed by atoms with Crippen LogP contribution in [0.25, 0.3) is 6.08 Å². The second-order valence-corrected chi connectivity index (χ2v) is 7.04. The van der Waals surface area contributed by atoms with Crippen molar-refractivity contribution in [3.05, 3.63) is 58.5 Å². The van der Waals surface area contributed by atoms with Crippen molar-refractivity contribution in [1.82, 2.24) is 0 Å². The fourth-order valence-corrected chi connectivity index (χ4v) is 3.62. The molecule has 25 heavy (non-hydrogen) atoms. The topological polar surface area (TPSA) is 77.8 Å². The number of amides is 1. The smallest absolute Gasteiger partial charge is 0.270 e. The fraction of sp³-hybridized carbons (Fsp3) is 0.0556. The molecule has 1 saturated heterocycles. The number of hydrogen-bond acceptors (Lipinski definition) is 6. The van der Waals surface area contributed by atoms with Gasteiger partial charge in [-0.25, -0.2) is 0 Å². The van der Waals surface area contributed by atoms with E-state index in [0.717, 1.165) is 11.8 Å². The van der Waals surface area contributed by atoms with Crippen LogP contribution in [0, 0.1) is 0 Å². The lowest BCUT2D eigenvalue weighted by molar-refractivity contribution is -0.113. The molecule has 2 aromatic carbocycles. The first kappa shape index (κ1) is 17.2. The second kappa shape index (κ2) is 6.70. The number of hydrogen-bond donors (Lipinski definition) is 2. The van der Waals surface area contributed by atoms with E-state index in [1.54, 1.807) is 36.4 Å². The molecule has 1 fully saturated rings. The molecule has 7 heteroatoms. The third-order valence-electron chi connectivity index (χ3n) is 3.62. The standard InChI is InChI=1S/C18H13NO4S2/c1-10(20)12-3-5-13(6-4-12)19-17(23)16(25-18(19)24)9-11-2-7-14(21)15(22)8-11/h2-9,21-22H,1H3/b16-9-. The summed E-state index contributed by atoms with van der Waals surface area (Å²) in [4.78, 5) is 25.8. The van der Waals surface area contributed by atoms with Gasteiger partial charge in [-0.3, -0.25) is 14.5 Å². The summed E-state index contributed by atoms with van der Waals surface area (Å²) >= 11 is 6.44. The molecule has 1 heterocycles. The van der Waals surface area contributed by atoms with E-state index in [0.29, 0.717) is 26.0 Å². The number of aromatic hydroxyl groups is 2. The van der Waals surface area contributed by atoms with E-state index in [9.17, 15) is 19.8 Å². The molecule has 1 aliphatic heterocycles. The first-order chi connectivity index (χ1) is 11.9. The van der Waals surface area contributed by atoms with Crippen molar-refractivity contribution in [1.29, 1.82) is 0 Å². The molecule has 1 amide bonds. The molecule has 0 aliphatic carbocycles. The molecular formula is C18H13NO4S2. The number of ketones is 1. The first-order valence-corrected chi connectivity index (χ1v) is 8.50. The minimum atomic E-state index is -0.280. The monoisotopic (exact) mass is 371 g/mol. The normalized spacial score (nSPS) is 15.9. The summed E-state index contributed by atoms with van der Waals surface area (Å²) in [7, 11) is 0. The second-order valence-electron chi connectivity index (χ2n) is 5.37. The van der Waals surface area contributed by atoms with E-state index in [1.807, 2.05) is 0 Å². The SMILES string of the molecule is CC(=O)c1ccc(N2C(=O)/C(=C/c3ccc(O)c(O)c3)SC2=S)cc1. The Morgan fingerprint density at radius 2 is 1.80 bits per heavy atom. The molecule has 5 nitrogen and oxygen atoms in total. The lowest BCUT2D eigenvalue weighted by Crippen LogP contribution is -2.27. The van der Waals surface area contributed by atoms with Gasteiger partial charge in [-0.2, -0.15) is 0 Å². The third-order valence-corrected chi connectivity index (χ3v) is 4.93. The van der Waals surface area contributed by atoms with Crippen LogP contribution in [0.5, 0.6) is 11.5 Å². The van der Waals surface area contributed by atoms with E-state index >= 15 is 0 Å². The summed E-state index contributed by atoms with van der Waals surface area (Å²) < 4.78 is 0.384. The lowest BCUT2D eigenvalue weighted by Gasteiger charge is -2.14. The van der Waals surface area contributed by atoms with Gasteiger partial charge < -0.3 is 10.2 Å². The zero-order valence-corrected chi connectivity index (χ0v) is 14.7. The van der Waals surface area contributed by atoms with Gasteiger partial charge in [0.25, 0.3) is 5.91 Å². The number of carbonyl (C=O) groups is 2. The number of benzene rings is 2. The number of thiocarbonyl (C=S) groups is 1. The van der Waals surface area contributed by atoms with Gasteiger partial charge in [0, 0.05) is 5.56 Å². The van der Waals surface area contributed by atoms with E-state index < -0.39 is 0 Å². The number of Topliss-reactive ketones (excluding diaryl/α,β-unsaturated/α-hetero) is 1. The van der Waals surface area contributed by atoms with Crippen molar-refractivity contribution in [2.24, 2.45) is 0 Å². The van der Waals surface area contributed by atoms with Crippen LogP contribution in [0.2, 0.25) is 0 Å². The predicted molar refractivity (Wildman–Crippen MR) is 102 cm³/mol. The van der Waals surface area contributed by atoms with E-state index in [1.165, 1.54) is 24.0 Å². The highest BCUT2D eigenvalue weighted by Gasteiger charge is 2.33. The minimum absolute atomic E-state index is 0.0519. The van der Waals surface area contributed by atoms with Crippen molar-refractivity contribution >= 4 is 51.8 Å². The summed E-state index contributed by atoms with van der Waals surface area (Å²) in [6.45, 7) is 1.48. The zero-order chi connectivity index (χ0) is 18.1. The summed E-state index contributed by atoms with van der Waals surface area (Å²) in [5.74, 6) is -0.818. The van der Waals surface area contributed by atoms with Gasteiger partial charge in [0.2, 0.25) is 0 Å². The van der Waals surface area contributed by atoms with Crippen molar-refractivity contribution in [2.75, 3.05) is 4.90 Å². The number of carbonyl (C=O) groups excluding carboxylic acids is 2. The van der Waals surface area contributed by atoms with Gasteiger partial charge >= 0.3 is 0 Å². The lowest BCUT2D eigenvalue weighted by atomic mass is 10.1. The molecule has 1 aliphatic rings. The van der Waals surface area contributed by atoms with Gasteiger partial charge in [0.05, 0.1) is 10.6 Å². The summed E-state index contributed by atoms with van der Waals surface area (Å²) in [6.07, 6.45) is 1.60. The summed E-state index contributed by atoms with van der Waals surface area (Å²) in [5.41, 5.74) is 1.72. The van der Waals surface area contributed by atoms with Crippen molar-refractivity contribution in [3.8, 4) is 11.5 Å². The average Bonchev–Trinajstić information content (AvgIpc) is 2.85. The van der Waals surface area contributed by atoms with Crippen LogP contribution in [0.15, 0.2) is 47.4 Å². The molecule has 0 aromatic heterocycles. The van der Waals surface area contributed by atoms with Crippen molar-refractivity contribution in [3.63, 3.8) is 0 Å². The van der Waals surface area contributed by atoms with Gasteiger partial charge in [0.1, 0.15) is 0 Å². The Balaban J connectivity index is 1.90. The first-order valence-electron chi connectivity index (χ1n) is 7.28. The maximum Gasteiger partial charge on any atom is 0.270 e. The highest BCUT2D eigenvalue weighted by molar-refractivity contribution is 8.27. The van der Waals surface area contributed by atoms with Gasteiger partial charge in [-0.1, -0.05) is 30.0 Å². The third kappa shape index (κ3) is 3.42. The number of phenolic OH excluding ortho intramolecular Hbond substituents is 2. The van der Waals surface area contributed by atoms with Crippen LogP contribution in [0.4, 0.5) is 5.69 Å². The number of thioether (sulfide) groups is 1. The van der Waals surface area contributed by atoms with Crippen LogP contribution in [-0.2, 0) is 4.79 Å². The molecule has 0 saturated carbocycles. The minimum Gasteiger partial charge on any atom is -0.504 e. The maximum absolute atomic E-state index is 12.7. The summed E-state index contributed by atoms with van der Waals surface area (Å²) in [6, 6.07) is 11.0. The van der Waals surface area contributed by atoms with Gasteiger partial charge in [-0.05, 0) is 55.0 Å². The van der Waals surface area contributed by atoms with Crippen LogP contribution in [-0.4, -0.2) is 26.2 Å². The zero-order valence-electron chi connectivity index (χ0n) is 13.1. The quantitative estimate of drug-likeness (QED) is 0.371. The Labute approximate surface area is 153 Å². The van der Waals surface area contributed by atoms with Crippen LogP contribution < -0.4 is 4.90 Å². The average molecular weight is 371 g/mol. The Kier molecular flexibility index (Phi) is 4.61. The Morgan fingerprint density at radius 1 is 1.12 bits per heavy atom. The molecule has 2 N–H and O–H groups in total. The van der Waals surface area contributed by atoms with Crippen molar-refractivity contribution < 1.29 is 19.8 Å². The van der Waals surface area contributed by atoms with Gasteiger partial charge in [-0.15, -0.1) is 0 Å². The Bertz CT molecular complexity index is 919. The summed E-state index contributed by atoms with van der Waals surface area (Å²) in [5, 5.41) is 18.9. The van der Waals surface area contributed by atoms with Crippen LogP contribution >= 0.6 is 24.0 Å². The molecule has 0 radical (unpaired) electrons. The largest absolute Gasteiger partial charge is 0.504 e. The highest BCUT2D eigenvalue weighted by Crippen LogP contribution is 2.37. The molecule has 0 bridgehead atoms. The van der Waals surface area contributed by atoms with Crippen LogP contribution in [0.3, 0.4) is 0 Å². The molecular weight excluding hydrogens is 358 g/mol. The number of rotatable bonds is 3. The molecule has 3 rings (SSSR count). The molecule has 126 valence electrons. The van der Waals surface area contributed by atoms with Gasteiger partial charge in [0.15, 0.2) is 21.6 Å². The molecule has 0 spiro atoms. The number of phenols is 2. The van der Waals surface area contributed by atoms with E-state index in [2.05, 4.69) is 0 Å². The maximum atomic E-state index is 12.7. The molecule has 0 atom stereocenters. The Hall–Kier alpha value is -2.64. The van der Waals surface area contributed by atoms with Crippen LogP contribution in [0.1, 0.15) is 22.8 Å². The Morgan fingerprint density at radius 3 is 2.40 bits per heavy atom. The number of anilines is 1. The predicted octanol–water partition coefficient (Wildman–Crippen LogP) is 3.71. The fourth-order valence-electron chi connectivity index (χ4n) is 2.32. The van der Waals surface area contributed by atoms with Crippen molar-refractivity contribution in [2.45, 2.75) is 6.92 Å². The van der Waals surface area contributed by atoms with E-state index in [4.69, 9.17) is 12.2 Å². The molecule has 0 unspecified atom stereocenters.